The van der Waals surface area contributed by atoms with Crippen LogP contribution >= 0.6 is 0 Å². The lowest BCUT2D eigenvalue weighted by Gasteiger charge is -2.28. The second-order valence-corrected chi connectivity index (χ2v) is 5.38. The lowest BCUT2D eigenvalue weighted by molar-refractivity contribution is -0.894. The van der Waals surface area contributed by atoms with Crippen molar-refractivity contribution in [2.24, 2.45) is 10.9 Å². The van der Waals surface area contributed by atoms with Gasteiger partial charge >= 0.3 is 6.03 Å². The maximum Gasteiger partial charge on any atom is 0.330 e. The molecular weight excluding hydrogens is 284 g/mol. The summed E-state index contributed by atoms with van der Waals surface area (Å²) in [5.74, 6) is -2.04. The highest BCUT2D eigenvalue weighted by Crippen LogP contribution is 2.10. The largest absolute Gasteiger partial charge is 0.334 e. The molecule has 0 radical (unpaired) electrons. The Balaban J connectivity index is 2.61. The number of amides is 4. The van der Waals surface area contributed by atoms with Crippen molar-refractivity contribution in [3.05, 3.63) is 0 Å². The van der Waals surface area contributed by atoms with Gasteiger partial charge in [-0.3, -0.25) is 24.8 Å². The number of carbonyl (C=O) groups excluding carboxylic acids is 3. The lowest BCUT2D eigenvalue weighted by Crippen LogP contribution is -3.11. The van der Waals surface area contributed by atoms with Crippen molar-refractivity contribution in [3.63, 3.8) is 0 Å². The Hall–Kier alpha value is -1.76. The molecule has 0 aliphatic carbocycles. The van der Waals surface area contributed by atoms with Gasteiger partial charge in [0.1, 0.15) is 0 Å². The molecule has 4 amide bonds. The monoisotopic (exact) mass is 311 g/mol. The molecule has 2 N–H and O–H groups in total. The number of rotatable bonds is 9. The minimum Gasteiger partial charge on any atom is -0.334 e. The third-order valence-electron chi connectivity index (χ3n) is 3.87. The number of urea groups is 1. The van der Waals surface area contributed by atoms with Crippen molar-refractivity contribution < 1.29 is 19.3 Å². The highest BCUT2D eigenvalue weighted by molar-refractivity contribution is 6.23. The van der Waals surface area contributed by atoms with Crippen LogP contribution in [-0.2, 0) is 9.59 Å². The molecule has 124 valence electrons. The van der Waals surface area contributed by atoms with Crippen LogP contribution in [0.3, 0.4) is 0 Å². The van der Waals surface area contributed by atoms with E-state index in [0.29, 0.717) is 13.1 Å². The topological polar surface area (TPSA) is 83.3 Å². The fraction of sp³-hybridized carbons (Fsp3) is 0.733. The van der Waals surface area contributed by atoms with Crippen molar-refractivity contribution in [1.29, 1.82) is 0 Å². The summed E-state index contributed by atoms with van der Waals surface area (Å²) in [7, 11) is 0. The van der Waals surface area contributed by atoms with E-state index in [2.05, 4.69) is 24.2 Å². The zero-order chi connectivity index (χ0) is 16.5. The standard InChI is InChI=1S/C15H26N4O3/c1-4-7-9-19-14(21)12(13(20)17-15(19)22)11-16-8-10-18(5-2)6-3/h11-12H,4-10H2,1-3H3,(H,17,20,22)/p+1/t12-/m1/s1. The number of nitrogens with one attached hydrogen (secondary N) is 2. The zero-order valence-corrected chi connectivity index (χ0v) is 13.7. The van der Waals surface area contributed by atoms with Crippen molar-refractivity contribution in [1.82, 2.24) is 10.2 Å². The molecule has 0 aromatic rings. The van der Waals surface area contributed by atoms with E-state index in [1.54, 1.807) is 0 Å². The molecule has 0 aromatic carbocycles. The molecule has 0 spiro atoms. The Kier molecular flexibility index (Phi) is 7.73. The third kappa shape index (κ3) is 4.91. The first kappa shape index (κ1) is 18.3. The van der Waals surface area contributed by atoms with Gasteiger partial charge in [-0.15, -0.1) is 0 Å². The van der Waals surface area contributed by atoms with E-state index >= 15 is 0 Å². The van der Waals surface area contributed by atoms with E-state index < -0.39 is 23.8 Å². The molecule has 1 atom stereocenters. The molecule has 7 nitrogen and oxygen atoms in total. The molecule has 1 saturated heterocycles. The van der Waals surface area contributed by atoms with E-state index in [1.165, 1.54) is 11.1 Å². The molecule has 1 rings (SSSR count). The SMILES string of the molecule is CCCCN1C(=O)NC(=O)[C@@H](C=NCC[NH+](CC)CC)C1=O. The van der Waals surface area contributed by atoms with Gasteiger partial charge in [-0.1, -0.05) is 13.3 Å². The fourth-order valence-corrected chi connectivity index (χ4v) is 2.30. The van der Waals surface area contributed by atoms with Crippen molar-refractivity contribution >= 4 is 24.1 Å². The van der Waals surface area contributed by atoms with Crippen molar-refractivity contribution in [2.75, 3.05) is 32.7 Å². The van der Waals surface area contributed by atoms with E-state index in [0.717, 1.165) is 37.4 Å². The number of hydrogen-bond acceptors (Lipinski definition) is 4. The Labute approximate surface area is 131 Å². The van der Waals surface area contributed by atoms with E-state index in [4.69, 9.17) is 0 Å². The van der Waals surface area contributed by atoms with Crippen LogP contribution in [0.15, 0.2) is 4.99 Å². The maximum absolute atomic E-state index is 12.2. The molecule has 22 heavy (non-hydrogen) atoms. The molecular formula is C15H27N4O3+. The average Bonchev–Trinajstić information content (AvgIpc) is 2.50. The van der Waals surface area contributed by atoms with Crippen LogP contribution < -0.4 is 10.2 Å². The fourth-order valence-electron chi connectivity index (χ4n) is 2.30. The first-order chi connectivity index (χ1) is 10.5. The first-order valence-electron chi connectivity index (χ1n) is 8.04. The predicted molar refractivity (Wildman–Crippen MR) is 83.9 cm³/mol. The summed E-state index contributed by atoms with van der Waals surface area (Å²) in [6.45, 7) is 10.0. The van der Waals surface area contributed by atoms with Crippen LogP contribution in [0.1, 0.15) is 33.6 Å². The summed E-state index contributed by atoms with van der Waals surface area (Å²) in [5, 5.41) is 2.22. The van der Waals surface area contributed by atoms with Crippen LogP contribution in [-0.4, -0.2) is 61.7 Å². The number of unbranched alkanes of at least 4 members (excludes halogenated alkanes) is 1. The van der Waals surface area contributed by atoms with E-state index in [1.807, 2.05) is 6.92 Å². The van der Waals surface area contributed by atoms with Gasteiger partial charge in [-0.2, -0.15) is 0 Å². The summed E-state index contributed by atoms with van der Waals surface area (Å²) in [6.07, 6.45) is 2.98. The van der Waals surface area contributed by atoms with Gasteiger partial charge < -0.3 is 4.90 Å². The molecule has 0 bridgehead atoms. The van der Waals surface area contributed by atoms with Gasteiger partial charge in [-0.05, 0) is 20.3 Å². The summed E-state index contributed by atoms with van der Waals surface area (Å²) in [4.78, 5) is 42.5. The molecule has 7 heteroatoms. The Morgan fingerprint density at radius 3 is 2.50 bits per heavy atom. The third-order valence-corrected chi connectivity index (χ3v) is 3.87. The first-order valence-corrected chi connectivity index (χ1v) is 8.04. The van der Waals surface area contributed by atoms with Gasteiger partial charge in [0, 0.05) is 12.8 Å². The lowest BCUT2D eigenvalue weighted by atomic mass is 10.1. The number of hydrogen-bond donors (Lipinski definition) is 2. The second-order valence-electron chi connectivity index (χ2n) is 5.38. The minimum absolute atomic E-state index is 0.336. The molecule has 1 aliphatic heterocycles. The second kappa shape index (κ2) is 9.30. The van der Waals surface area contributed by atoms with Crippen LogP contribution in [0.25, 0.3) is 0 Å². The van der Waals surface area contributed by atoms with Gasteiger partial charge in [-0.25, -0.2) is 4.79 Å². The smallest absolute Gasteiger partial charge is 0.330 e. The number of aliphatic imine (C=N–C) groups is 1. The number of carbonyl (C=O) groups is 3. The highest BCUT2D eigenvalue weighted by Gasteiger charge is 2.38. The Bertz CT molecular complexity index is 433. The normalized spacial score (nSPS) is 19.4. The maximum atomic E-state index is 12.2. The summed E-state index contributed by atoms with van der Waals surface area (Å²) in [5.41, 5.74) is 0. The van der Waals surface area contributed by atoms with Crippen LogP contribution in [0.2, 0.25) is 0 Å². The van der Waals surface area contributed by atoms with Crippen molar-refractivity contribution in [3.8, 4) is 0 Å². The van der Waals surface area contributed by atoms with Gasteiger partial charge in [0.15, 0.2) is 5.92 Å². The van der Waals surface area contributed by atoms with Crippen LogP contribution in [0.5, 0.6) is 0 Å². The number of imide groups is 2. The zero-order valence-electron chi connectivity index (χ0n) is 13.7. The molecule has 0 saturated carbocycles. The van der Waals surface area contributed by atoms with Gasteiger partial charge in [0.25, 0.3) is 0 Å². The molecule has 1 heterocycles. The quantitative estimate of drug-likeness (QED) is 0.444. The summed E-state index contributed by atoms with van der Waals surface area (Å²) >= 11 is 0. The van der Waals surface area contributed by atoms with E-state index in [9.17, 15) is 14.4 Å². The number of nitrogens with zero attached hydrogens (tertiary/aromatic N) is 2. The average molecular weight is 311 g/mol. The molecule has 1 fully saturated rings. The Morgan fingerprint density at radius 1 is 1.23 bits per heavy atom. The van der Waals surface area contributed by atoms with E-state index in [-0.39, 0.29) is 0 Å². The number of quaternary nitrogens is 1. The Morgan fingerprint density at radius 2 is 1.91 bits per heavy atom. The number of likely N-dealkylation sites (N-methyl/N-ethyl adjacent to an activating group) is 1. The van der Waals surface area contributed by atoms with Gasteiger partial charge in [0.2, 0.25) is 11.8 Å². The molecule has 0 aromatic heterocycles. The summed E-state index contributed by atoms with van der Waals surface area (Å²) in [6, 6.07) is -0.624. The minimum atomic E-state index is -0.985. The van der Waals surface area contributed by atoms with Gasteiger partial charge in [0.05, 0.1) is 26.2 Å². The molecule has 0 unspecified atom stereocenters. The highest BCUT2D eigenvalue weighted by atomic mass is 16.2. The summed E-state index contributed by atoms with van der Waals surface area (Å²) < 4.78 is 0. The van der Waals surface area contributed by atoms with Crippen LogP contribution in [0, 0.1) is 5.92 Å². The number of barbiturate groups is 1. The predicted octanol–water partition coefficient (Wildman–Crippen LogP) is -0.523. The van der Waals surface area contributed by atoms with Crippen LogP contribution in [0.4, 0.5) is 4.79 Å². The molecule has 1 aliphatic rings. The van der Waals surface area contributed by atoms with Crippen molar-refractivity contribution in [2.45, 2.75) is 33.6 Å².